The molecule has 3 aromatic carbocycles. The van der Waals surface area contributed by atoms with Gasteiger partial charge < -0.3 is 10.2 Å². The molecule has 2 N–H and O–H groups in total. The van der Waals surface area contributed by atoms with Crippen molar-refractivity contribution in [2.45, 2.75) is 12.1 Å². The van der Waals surface area contributed by atoms with Gasteiger partial charge in [-0.05, 0) is 55.0 Å². The number of nitrogens with zero attached hydrogens (tertiary/aromatic N) is 2. The minimum Gasteiger partial charge on any atom is -0.504 e. The molecule has 0 atom stereocenters. The first-order chi connectivity index (χ1) is 14.8. The van der Waals surface area contributed by atoms with Crippen LogP contribution in [0.25, 0.3) is 16.6 Å². The number of ketones is 1. The maximum Gasteiger partial charge on any atom is 0.266 e. The third-order valence-corrected chi connectivity index (χ3v) is 5.73. The molecule has 0 bridgehead atoms. The van der Waals surface area contributed by atoms with E-state index < -0.39 is 11.6 Å². The van der Waals surface area contributed by atoms with Gasteiger partial charge in [-0.15, -0.1) is 0 Å². The van der Waals surface area contributed by atoms with Crippen molar-refractivity contribution < 1.29 is 19.4 Å². The Morgan fingerprint density at radius 2 is 1.84 bits per heavy atom. The maximum absolute atomic E-state index is 14.2. The van der Waals surface area contributed by atoms with Gasteiger partial charge in [-0.25, -0.2) is 9.37 Å². The number of benzene rings is 3. The van der Waals surface area contributed by atoms with Gasteiger partial charge in [0.25, 0.3) is 5.56 Å². The standard InChI is InChI=1S/C23H17FN2O4S/c1-13-6-8-15(11-17(13)24)26-22(30)16-4-2-3-5-18(16)25-23(26)31-12-21(29)14-7-9-19(27)20(28)10-14/h2-11,27-28H,12H2,1H3. The quantitative estimate of drug-likeness (QED) is 0.211. The van der Waals surface area contributed by atoms with Crippen molar-refractivity contribution in [3.05, 3.63) is 88.0 Å². The Balaban J connectivity index is 1.77. The Labute approximate surface area is 180 Å². The van der Waals surface area contributed by atoms with Crippen LogP contribution in [0.2, 0.25) is 0 Å². The lowest BCUT2D eigenvalue weighted by molar-refractivity contribution is 0.102. The van der Waals surface area contributed by atoms with Crippen molar-refractivity contribution in [3.8, 4) is 17.2 Å². The van der Waals surface area contributed by atoms with E-state index in [0.29, 0.717) is 22.2 Å². The van der Waals surface area contributed by atoms with Gasteiger partial charge in [0.15, 0.2) is 22.4 Å². The number of rotatable bonds is 5. The van der Waals surface area contributed by atoms with Crippen molar-refractivity contribution in [2.24, 2.45) is 0 Å². The number of carbonyl (C=O) groups excluding carboxylic acids is 1. The van der Waals surface area contributed by atoms with Crippen LogP contribution in [0.4, 0.5) is 4.39 Å². The summed E-state index contributed by atoms with van der Waals surface area (Å²) >= 11 is 1.03. The molecule has 0 aliphatic rings. The monoisotopic (exact) mass is 436 g/mol. The third-order valence-electron chi connectivity index (χ3n) is 4.79. The number of para-hydroxylation sites is 1. The predicted octanol–water partition coefficient (Wildman–Crippen LogP) is 4.22. The molecule has 0 spiro atoms. The highest BCUT2D eigenvalue weighted by Crippen LogP contribution is 2.27. The van der Waals surface area contributed by atoms with Crippen LogP contribution in [-0.2, 0) is 0 Å². The minimum absolute atomic E-state index is 0.0800. The topological polar surface area (TPSA) is 92.4 Å². The van der Waals surface area contributed by atoms with Gasteiger partial charge in [0.1, 0.15) is 5.82 Å². The lowest BCUT2D eigenvalue weighted by atomic mass is 10.1. The van der Waals surface area contributed by atoms with Crippen molar-refractivity contribution in [3.63, 3.8) is 0 Å². The number of aryl methyl sites for hydroxylation is 1. The largest absolute Gasteiger partial charge is 0.504 e. The second-order valence-corrected chi connectivity index (χ2v) is 7.84. The molecule has 0 aliphatic carbocycles. The molecule has 1 heterocycles. The molecule has 8 heteroatoms. The summed E-state index contributed by atoms with van der Waals surface area (Å²) in [5.41, 5.74) is 1.06. The van der Waals surface area contributed by atoms with Crippen LogP contribution in [0, 0.1) is 12.7 Å². The summed E-state index contributed by atoms with van der Waals surface area (Å²) in [5.74, 6) is -1.58. The zero-order valence-corrected chi connectivity index (χ0v) is 17.2. The zero-order chi connectivity index (χ0) is 22.1. The Kier molecular flexibility index (Phi) is 5.48. The second kappa shape index (κ2) is 8.23. The van der Waals surface area contributed by atoms with E-state index in [4.69, 9.17) is 0 Å². The number of phenols is 2. The summed E-state index contributed by atoms with van der Waals surface area (Å²) in [4.78, 5) is 30.3. The van der Waals surface area contributed by atoms with E-state index in [0.717, 1.165) is 11.8 Å². The Hall–Kier alpha value is -3.65. The molecule has 0 unspecified atom stereocenters. The van der Waals surface area contributed by atoms with Crippen molar-refractivity contribution in [2.75, 3.05) is 5.75 Å². The number of fused-ring (bicyclic) bond motifs is 1. The van der Waals surface area contributed by atoms with Crippen molar-refractivity contribution in [1.82, 2.24) is 9.55 Å². The van der Waals surface area contributed by atoms with Crippen molar-refractivity contribution in [1.29, 1.82) is 0 Å². The molecule has 4 rings (SSSR count). The van der Waals surface area contributed by atoms with Gasteiger partial charge >= 0.3 is 0 Å². The van der Waals surface area contributed by atoms with E-state index in [2.05, 4.69) is 4.98 Å². The minimum atomic E-state index is -0.454. The number of hydrogen-bond donors (Lipinski definition) is 2. The number of aromatic hydroxyl groups is 2. The Bertz CT molecular complexity index is 1380. The molecule has 31 heavy (non-hydrogen) atoms. The molecule has 4 aromatic rings. The lowest BCUT2D eigenvalue weighted by Gasteiger charge is -2.13. The average molecular weight is 436 g/mol. The summed E-state index contributed by atoms with van der Waals surface area (Å²) < 4.78 is 15.5. The van der Waals surface area contributed by atoms with Crippen LogP contribution in [0.15, 0.2) is 70.6 Å². The number of hydrogen-bond acceptors (Lipinski definition) is 6. The van der Waals surface area contributed by atoms with Gasteiger partial charge in [0, 0.05) is 5.56 Å². The highest BCUT2D eigenvalue weighted by Gasteiger charge is 2.17. The maximum atomic E-state index is 14.2. The fraction of sp³-hybridized carbons (Fsp3) is 0.0870. The lowest BCUT2D eigenvalue weighted by Crippen LogP contribution is -2.22. The SMILES string of the molecule is Cc1ccc(-n2c(SCC(=O)c3ccc(O)c(O)c3)nc3ccccc3c2=O)cc1F. The number of phenolic OH excluding ortho intramolecular Hbond substituents is 2. The molecule has 156 valence electrons. The molecular formula is C23H17FN2O4S. The highest BCUT2D eigenvalue weighted by atomic mass is 32.2. The van der Waals surface area contributed by atoms with E-state index in [9.17, 15) is 24.2 Å². The van der Waals surface area contributed by atoms with Gasteiger partial charge in [-0.1, -0.05) is 30.0 Å². The molecule has 6 nitrogen and oxygen atoms in total. The molecule has 0 saturated heterocycles. The van der Waals surface area contributed by atoms with Crippen LogP contribution in [0.5, 0.6) is 11.5 Å². The molecular weight excluding hydrogens is 419 g/mol. The van der Waals surface area contributed by atoms with Crippen LogP contribution in [-0.4, -0.2) is 31.3 Å². The van der Waals surface area contributed by atoms with Crippen LogP contribution >= 0.6 is 11.8 Å². The summed E-state index contributed by atoms with van der Waals surface area (Å²) in [6.07, 6.45) is 0. The van der Waals surface area contributed by atoms with Crippen LogP contribution < -0.4 is 5.56 Å². The first-order valence-corrected chi connectivity index (χ1v) is 10.3. The molecule has 0 saturated carbocycles. The van der Waals surface area contributed by atoms with E-state index in [1.807, 2.05) is 0 Å². The average Bonchev–Trinajstić information content (AvgIpc) is 2.76. The first-order valence-electron chi connectivity index (χ1n) is 9.31. The number of halogens is 1. The smallest absolute Gasteiger partial charge is 0.266 e. The number of carbonyl (C=O) groups is 1. The highest BCUT2D eigenvalue weighted by molar-refractivity contribution is 7.99. The Morgan fingerprint density at radius 1 is 1.06 bits per heavy atom. The van der Waals surface area contributed by atoms with Gasteiger partial charge in [-0.2, -0.15) is 0 Å². The summed E-state index contributed by atoms with van der Waals surface area (Å²) in [7, 11) is 0. The van der Waals surface area contributed by atoms with E-state index >= 15 is 0 Å². The van der Waals surface area contributed by atoms with E-state index in [-0.39, 0.29) is 33.6 Å². The first kappa shape index (κ1) is 20.6. The zero-order valence-electron chi connectivity index (χ0n) is 16.4. The Morgan fingerprint density at radius 3 is 2.58 bits per heavy atom. The third kappa shape index (κ3) is 4.02. The van der Waals surface area contributed by atoms with Crippen LogP contribution in [0.3, 0.4) is 0 Å². The number of Topliss-reactive ketones (excluding diaryl/α,β-unsaturated/α-hetero) is 1. The predicted molar refractivity (Wildman–Crippen MR) is 117 cm³/mol. The summed E-state index contributed by atoms with van der Waals surface area (Å²) in [6, 6.07) is 15.1. The van der Waals surface area contributed by atoms with Crippen molar-refractivity contribution >= 4 is 28.4 Å². The summed E-state index contributed by atoms with van der Waals surface area (Å²) in [5, 5.41) is 19.7. The molecule has 0 radical (unpaired) electrons. The van der Waals surface area contributed by atoms with Gasteiger partial charge in [-0.3, -0.25) is 14.2 Å². The van der Waals surface area contributed by atoms with Crippen LogP contribution in [0.1, 0.15) is 15.9 Å². The van der Waals surface area contributed by atoms with E-state index in [1.54, 1.807) is 43.3 Å². The second-order valence-electron chi connectivity index (χ2n) is 6.90. The fourth-order valence-electron chi connectivity index (χ4n) is 3.07. The molecule has 0 amide bonds. The van der Waals surface area contributed by atoms with Gasteiger partial charge in [0.05, 0.1) is 22.3 Å². The fourth-order valence-corrected chi connectivity index (χ4v) is 3.98. The number of aromatic nitrogens is 2. The van der Waals surface area contributed by atoms with E-state index in [1.165, 1.54) is 28.8 Å². The molecule has 0 fully saturated rings. The van der Waals surface area contributed by atoms with Gasteiger partial charge in [0.2, 0.25) is 0 Å². The number of thioether (sulfide) groups is 1. The summed E-state index contributed by atoms with van der Waals surface area (Å²) in [6.45, 7) is 1.63. The molecule has 0 aliphatic heterocycles. The molecule has 1 aromatic heterocycles. The normalized spacial score (nSPS) is 11.0.